The van der Waals surface area contributed by atoms with Gasteiger partial charge in [0, 0.05) is 0 Å². The minimum atomic E-state index is 0. The Morgan fingerprint density at radius 1 is 0.143 bits per heavy atom. The Balaban J connectivity index is 0. The van der Waals surface area contributed by atoms with Crippen molar-refractivity contribution in [2.75, 3.05) is 0 Å². The van der Waals surface area contributed by atoms with E-state index in [-0.39, 0.29) is 486 Å². The molecule has 14 heavy (non-hydrogen) atoms. The number of hydrogen-bond donors (Lipinski definition) is 0. The van der Waals surface area contributed by atoms with Crippen LogP contribution in [0.4, 0.5) is 0 Å². The Bertz CT molecular complexity index is 13.8. The van der Waals surface area contributed by atoms with Crippen LogP contribution in [0.15, 0.2) is 0 Å². The summed E-state index contributed by atoms with van der Waals surface area (Å²) >= 11 is 0. The molecule has 0 radical (unpaired) electrons. The molecule has 0 aliphatic heterocycles. The van der Waals surface area contributed by atoms with E-state index in [4.69, 9.17) is 0 Å². The average Bonchev–Trinajstić information content (AvgIpc) is 0. The Kier molecular flexibility index (Phi) is 661. The summed E-state index contributed by atoms with van der Waals surface area (Å²) in [4.78, 5) is 0. The third-order valence-corrected chi connectivity index (χ3v) is 0. The molecule has 64 valence electrons. The van der Waals surface area contributed by atoms with Gasteiger partial charge in [-0.25, -0.2) is 0 Å². The van der Waals surface area contributed by atoms with Crippen LogP contribution in [0, 0.1) is 0 Å². The summed E-state index contributed by atoms with van der Waals surface area (Å²) < 4.78 is 0. The van der Waals surface area contributed by atoms with Crippen molar-refractivity contribution in [3.63, 3.8) is 0 Å². The number of rotatable bonds is 0. The fraction of sp³-hybridized carbons (Fsp3) is 0. The van der Waals surface area contributed by atoms with Gasteiger partial charge < -0.3 is 0 Å². The van der Waals surface area contributed by atoms with E-state index in [2.05, 4.69) is 0 Å². The first-order valence-corrected chi connectivity index (χ1v) is 0. The number of hydrogen-bond acceptors (Lipinski definition) is 0. The Morgan fingerprint density at radius 3 is 0.143 bits per heavy atom. The monoisotopic (exact) mass is 536 g/mol. The van der Waals surface area contributed by atoms with Crippen LogP contribution in [0.25, 0.3) is 0 Å². The maximum atomic E-state index is 0. The van der Waals surface area contributed by atoms with Crippen LogP contribution in [0.1, 0.15) is 0 Å². The van der Waals surface area contributed by atoms with Crippen molar-refractivity contribution in [2.45, 2.75) is 0 Å². The Hall–Kier alpha value is 14.8. The zero-order valence-electron chi connectivity index (χ0n) is 2.45. The predicted octanol–water partition coefficient (Wildman–Crippen LogP) is -2.66. The van der Waals surface area contributed by atoms with Gasteiger partial charge in [-0.05, 0) is 0 Å². The molecule has 0 unspecified atom stereocenters. The fourth-order valence-electron chi connectivity index (χ4n) is 0. The second-order valence-electron chi connectivity index (χ2n) is 0. The van der Waals surface area contributed by atoms with Crippen LogP contribution >= 0.6 is 74.4 Å². The molecule has 0 heterocycles. The van der Waals surface area contributed by atoms with E-state index in [0.29, 0.717) is 0 Å². The van der Waals surface area contributed by atoms with Crippen molar-refractivity contribution in [1.29, 1.82) is 0 Å². The Morgan fingerprint density at radius 2 is 0.143 bits per heavy atom. The van der Waals surface area contributed by atoms with Crippen LogP contribution in [-0.4, -0.2) is 411 Å². The molecule has 0 atom stereocenters. The van der Waals surface area contributed by atoms with Crippen LogP contribution in [-0.2, 0) is 0 Å². The normalized spacial score (nSPS) is 0. The van der Waals surface area contributed by atoms with Crippen molar-refractivity contribution in [3.8, 4) is 0 Å². The quantitative estimate of drug-likeness (QED) is 0.295. The van der Waals surface area contributed by atoms with Crippen molar-refractivity contribution < 1.29 is 0 Å². The van der Waals surface area contributed by atoms with Gasteiger partial charge in [0.1, 0.15) is 0 Å². The fourth-order valence-corrected chi connectivity index (χ4v) is 0. The average molecular weight is 540 g/mol. The van der Waals surface area contributed by atoms with E-state index in [1.165, 1.54) is 0 Å². The van der Waals surface area contributed by atoms with E-state index in [1.54, 1.807) is 0 Å². The van der Waals surface area contributed by atoms with Gasteiger partial charge in [-0.1, -0.05) is 0 Å². The van der Waals surface area contributed by atoms with Crippen molar-refractivity contribution >= 4 is 486 Å². The molecule has 0 nitrogen and oxygen atoms in total. The third-order valence-electron chi connectivity index (χ3n) is 0. The van der Waals surface area contributed by atoms with E-state index in [1.807, 2.05) is 0 Å². The van der Waals surface area contributed by atoms with Gasteiger partial charge in [-0.2, -0.15) is 0 Å². The first-order chi connectivity index (χ1) is 0. The summed E-state index contributed by atoms with van der Waals surface area (Å²) in [5, 5.41) is 0. The molecule has 0 saturated heterocycles. The molecular weight excluding hydrogens is 526 g/mol. The van der Waals surface area contributed by atoms with Crippen LogP contribution in [0.3, 0.4) is 0 Å². The summed E-state index contributed by atoms with van der Waals surface area (Å²) in [5.41, 5.74) is 0. The van der Waals surface area contributed by atoms with Gasteiger partial charge in [-0.15, -0.1) is 74.4 Å². The zero-order chi connectivity index (χ0) is 0. The molecule has 0 bridgehead atoms. The molecule has 0 spiro atoms. The molecule has 14 heteroatoms. The molecule has 0 aromatic heterocycles. The molecule has 0 amide bonds. The molecule has 0 rings (SSSR count). The van der Waals surface area contributed by atoms with E-state index in [0.717, 1.165) is 0 Å². The Labute approximate surface area is 466 Å². The topological polar surface area (TPSA) is 0 Å². The van der Waals surface area contributed by atoms with Crippen molar-refractivity contribution in [3.05, 3.63) is 0 Å². The first kappa shape index (κ1) is 102. The van der Waals surface area contributed by atoms with Gasteiger partial charge in [0.2, 0.25) is 0 Å². The van der Waals surface area contributed by atoms with Crippen LogP contribution < -0.4 is 0 Å². The summed E-state index contributed by atoms with van der Waals surface area (Å²) in [6.45, 7) is 0. The van der Waals surface area contributed by atoms with E-state index >= 15 is 0 Å². The van der Waals surface area contributed by atoms with Gasteiger partial charge in [0.05, 0.1) is 0 Å². The van der Waals surface area contributed by atoms with Crippen molar-refractivity contribution in [2.24, 2.45) is 0 Å². The molecule has 0 aliphatic rings. The van der Waals surface area contributed by atoms with Crippen LogP contribution in [0.5, 0.6) is 0 Å². The predicted molar refractivity (Wildman–Crippen MR) is 101 cm³/mol. The maximum absolute atomic E-state index is 0. The third kappa shape index (κ3) is 81.4. The number of halogens is 6. The molecule has 0 N–H and O–H groups in total. The molecule has 0 aromatic carbocycles. The summed E-state index contributed by atoms with van der Waals surface area (Å²) in [7, 11) is 0. The molecule has 0 saturated carbocycles. The van der Waals surface area contributed by atoms with Gasteiger partial charge >= 0.3 is 411 Å². The standard InChI is InChI=1S/6ClH.8K.8H/h6*1H;;;;;;;;;;;;;;;;. The van der Waals surface area contributed by atoms with Crippen molar-refractivity contribution in [1.82, 2.24) is 0 Å². The second kappa shape index (κ2) is 91.1. The molecule has 0 aromatic rings. The summed E-state index contributed by atoms with van der Waals surface area (Å²) in [6, 6.07) is 0. The van der Waals surface area contributed by atoms with Gasteiger partial charge in [0.25, 0.3) is 0 Å². The zero-order valence-corrected chi connectivity index (χ0v) is 7.35. The minimum absolute atomic E-state index is 0. The van der Waals surface area contributed by atoms with Crippen LogP contribution in [0.2, 0.25) is 0 Å². The SMILES string of the molecule is Cl.Cl.Cl.Cl.Cl.Cl.[KH].[KH].[KH].[KH].[KH].[KH].[KH].[KH]. The molecule has 0 aliphatic carbocycles. The van der Waals surface area contributed by atoms with E-state index in [9.17, 15) is 0 Å². The van der Waals surface area contributed by atoms with Gasteiger partial charge in [-0.3, -0.25) is 0 Å². The molecular formula is H14Cl6K8. The first-order valence-electron chi connectivity index (χ1n) is 0. The van der Waals surface area contributed by atoms with E-state index < -0.39 is 0 Å². The van der Waals surface area contributed by atoms with Gasteiger partial charge in [0.15, 0.2) is 0 Å². The summed E-state index contributed by atoms with van der Waals surface area (Å²) in [5.74, 6) is 0. The second-order valence-corrected chi connectivity index (χ2v) is 0. The summed E-state index contributed by atoms with van der Waals surface area (Å²) in [6.07, 6.45) is 0. The molecule has 0 fully saturated rings.